The summed E-state index contributed by atoms with van der Waals surface area (Å²) in [5.74, 6) is 3.58. The second kappa shape index (κ2) is 2.00. The lowest BCUT2D eigenvalue weighted by atomic mass is 10.1. The Morgan fingerprint density at radius 2 is 1.89 bits per heavy atom. The van der Waals surface area contributed by atoms with Crippen LogP contribution in [0.5, 0.6) is 0 Å². The van der Waals surface area contributed by atoms with Crippen LogP contribution in [-0.2, 0) is 0 Å². The van der Waals surface area contributed by atoms with Crippen molar-refractivity contribution in [2.24, 2.45) is 17.8 Å². The highest BCUT2D eigenvalue weighted by molar-refractivity contribution is 5.00. The number of hydrogen-bond acceptors (Lipinski definition) is 0. The van der Waals surface area contributed by atoms with Crippen LogP contribution in [-0.4, -0.2) is 0 Å². The molecule has 2 unspecified atom stereocenters. The summed E-state index contributed by atoms with van der Waals surface area (Å²) in [6.07, 6.45) is 7.60. The highest BCUT2D eigenvalue weighted by atomic mass is 14.6. The van der Waals surface area contributed by atoms with E-state index in [0.29, 0.717) is 0 Å². The van der Waals surface area contributed by atoms with E-state index in [1.54, 1.807) is 12.8 Å². The summed E-state index contributed by atoms with van der Waals surface area (Å²) in [5, 5.41) is 0. The van der Waals surface area contributed by atoms with E-state index in [1.807, 2.05) is 0 Å². The van der Waals surface area contributed by atoms with Crippen LogP contribution in [0.25, 0.3) is 0 Å². The average molecular weight is 124 g/mol. The lowest BCUT2D eigenvalue weighted by molar-refractivity contribution is 0.546. The number of fused-ring (bicyclic) bond motifs is 1. The maximum absolute atomic E-state index is 2.31. The van der Waals surface area contributed by atoms with E-state index in [4.69, 9.17) is 0 Å². The van der Waals surface area contributed by atoms with Gasteiger partial charge in [0.2, 0.25) is 0 Å². The van der Waals surface area contributed by atoms with Crippen molar-refractivity contribution >= 4 is 0 Å². The summed E-state index contributed by atoms with van der Waals surface area (Å²) in [4.78, 5) is 0. The van der Waals surface area contributed by atoms with Crippen molar-refractivity contribution in [3.63, 3.8) is 0 Å². The van der Waals surface area contributed by atoms with Gasteiger partial charge in [-0.1, -0.05) is 26.2 Å². The van der Waals surface area contributed by atoms with Gasteiger partial charge in [-0.05, 0) is 30.6 Å². The molecule has 0 aromatic heterocycles. The van der Waals surface area contributed by atoms with Crippen LogP contribution < -0.4 is 0 Å². The summed E-state index contributed by atoms with van der Waals surface area (Å²) >= 11 is 0. The molecule has 0 heterocycles. The zero-order chi connectivity index (χ0) is 6.27. The monoisotopic (exact) mass is 124 g/mol. The third-order valence-electron chi connectivity index (χ3n) is 3.21. The molecule has 0 aromatic carbocycles. The van der Waals surface area contributed by atoms with Gasteiger partial charge in [-0.15, -0.1) is 0 Å². The number of rotatable bonds is 2. The predicted octanol–water partition coefficient (Wildman–Crippen LogP) is 2.83. The van der Waals surface area contributed by atoms with Gasteiger partial charge in [-0.2, -0.15) is 0 Å². The molecule has 0 aromatic rings. The minimum absolute atomic E-state index is 1.18. The minimum atomic E-state index is 1.18. The molecule has 0 amide bonds. The van der Waals surface area contributed by atoms with E-state index in [1.165, 1.54) is 37.0 Å². The maximum atomic E-state index is 2.31. The molecule has 0 spiro atoms. The highest BCUT2D eigenvalue weighted by Crippen LogP contribution is 2.59. The van der Waals surface area contributed by atoms with E-state index in [-0.39, 0.29) is 0 Å². The Labute approximate surface area is 57.6 Å². The highest BCUT2D eigenvalue weighted by Gasteiger charge is 2.51. The van der Waals surface area contributed by atoms with Gasteiger partial charge in [0, 0.05) is 0 Å². The average Bonchev–Trinajstić information content (AvgIpc) is 2.39. The molecule has 0 aliphatic heterocycles. The second-order valence-corrected chi connectivity index (χ2v) is 3.71. The quantitative estimate of drug-likeness (QED) is 0.531. The van der Waals surface area contributed by atoms with Crippen LogP contribution in [0.4, 0.5) is 0 Å². The normalized spacial score (nSPS) is 47.0. The van der Waals surface area contributed by atoms with Crippen molar-refractivity contribution in [1.82, 2.24) is 0 Å². The van der Waals surface area contributed by atoms with Gasteiger partial charge in [0.25, 0.3) is 0 Å². The standard InChI is InChI=1S/C9H16/c1-2-4-7-8-5-3-6-9(7)8/h7-9H,2-6H2,1H3/t7?,8-,9?/m0/s1. The summed E-state index contributed by atoms with van der Waals surface area (Å²) in [5.41, 5.74) is 0. The summed E-state index contributed by atoms with van der Waals surface area (Å²) < 4.78 is 0. The molecular weight excluding hydrogens is 108 g/mol. The fourth-order valence-electron chi connectivity index (χ4n) is 2.73. The van der Waals surface area contributed by atoms with Crippen molar-refractivity contribution in [1.29, 1.82) is 0 Å². The van der Waals surface area contributed by atoms with Crippen LogP contribution in [0.3, 0.4) is 0 Å². The van der Waals surface area contributed by atoms with Crippen molar-refractivity contribution in [3.8, 4) is 0 Å². The molecule has 52 valence electrons. The van der Waals surface area contributed by atoms with Crippen molar-refractivity contribution in [2.75, 3.05) is 0 Å². The fourth-order valence-corrected chi connectivity index (χ4v) is 2.73. The molecule has 2 fully saturated rings. The molecule has 0 nitrogen and oxygen atoms in total. The van der Waals surface area contributed by atoms with E-state index in [9.17, 15) is 0 Å². The Morgan fingerprint density at radius 1 is 1.22 bits per heavy atom. The zero-order valence-corrected chi connectivity index (χ0v) is 6.27. The molecule has 2 saturated carbocycles. The molecule has 2 aliphatic carbocycles. The molecule has 0 N–H and O–H groups in total. The third-order valence-corrected chi connectivity index (χ3v) is 3.21. The lowest BCUT2D eigenvalue weighted by Crippen LogP contribution is -1.85. The molecule has 2 aliphatic rings. The van der Waals surface area contributed by atoms with Gasteiger partial charge in [0.05, 0.1) is 0 Å². The topological polar surface area (TPSA) is 0 Å². The molecule has 9 heavy (non-hydrogen) atoms. The lowest BCUT2D eigenvalue weighted by Gasteiger charge is -1.97. The van der Waals surface area contributed by atoms with E-state index >= 15 is 0 Å². The SMILES string of the molecule is CCCC1C2CCC[C@@H]12. The van der Waals surface area contributed by atoms with Gasteiger partial charge in [-0.25, -0.2) is 0 Å². The van der Waals surface area contributed by atoms with Gasteiger partial charge < -0.3 is 0 Å². The van der Waals surface area contributed by atoms with E-state index in [2.05, 4.69) is 6.92 Å². The predicted molar refractivity (Wildman–Crippen MR) is 39.2 cm³/mol. The molecule has 0 bridgehead atoms. The smallest absolute Gasteiger partial charge is 0.0352 e. The van der Waals surface area contributed by atoms with Crippen molar-refractivity contribution < 1.29 is 0 Å². The van der Waals surface area contributed by atoms with Gasteiger partial charge >= 0.3 is 0 Å². The van der Waals surface area contributed by atoms with Gasteiger partial charge in [-0.3, -0.25) is 0 Å². The maximum Gasteiger partial charge on any atom is -0.0352 e. The number of hydrogen-bond donors (Lipinski definition) is 0. The van der Waals surface area contributed by atoms with Crippen LogP contribution in [0.2, 0.25) is 0 Å². The summed E-state index contributed by atoms with van der Waals surface area (Å²) in [6.45, 7) is 2.31. The van der Waals surface area contributed by atoms with Crippen LogP contribution >= 0.6 is 0 Å². The van der Waals surface area contributed by atoms with E-state index < -0.39 is 0 Å². The summed E-state index contributed by atoms with van der Waals surface area (Å²) in [7, 11) is 0. The Hall–Kier alpha value is 0. The first kappa shape index (κ1) is 5.76. The second-order valence-electron chi connectivity index (χ2n) is 3.71. The van der Waals surface area contributed by atoms with Crippen molar-refractivity contribution in [2.45, 2.75) is 39.0 Å². The first-order valence-corrected chi connectivity index (χ1v) is 4.43. The largest absolute Gasteiger partial charge is 0.0654 e. The molecular formula is C9H16. The van der Waals surface area contributed by atoms with E-state index in [0.717, 1.165) is 0 Å². The fraction of sp³-hybridized carbons (Fsp3) is 1.00. The Bertz CT molecular complexity index is 96.6. The van der Waals surface area contributed by atoms with Crippen molar-refractivity contribution in [3.05, 3.63) is 0 Å². The Balaban J connectivity index is 1.81. The molecule has 3 atom stereocenters. The van der Waals surface area contributed by atoms with Gasteiger partial charge in [0.15, 0.2) is 0 Å². The van der Waals surface area contributed by atoms with Gasteiger partial charge in [0.1, 0.15) is 0 Å². The van der Waals surface area contributed by atoms with Crippen LogP contribution in [0.1, 0.15) is 39.0 Å². The molecule has 0 saturated heterocycles. The molecule has 2 rings (SSSR count). The summed E-state index contributed by atoms with van der Waals surface area (Å²) in [6, 6.07) is 0. The van der Waals surface area contributed by atoms with Crippen LogP contribution in [0.15, 0.2) is 0 Å². The zero-order valence-electron chi connectivity index (χ0n) is 6.27. The minimum Gasteiger partial charge on any atom is -0.0654 e. The first-order chi connectivity index (χ1) is 4.43. The molecule has 0 heteroatoms. The molecule has 0 radical (unpaired) electrons. The third kappa shape index (κ3) is 0.798. The first-order valence-electron chi connectivity index (χ1n) is 4.43. The Kier molecular flexibility index (Phi) is 1.28. The Morgan fingerprint density at radius 3 is 2.44 bits per heavy atom. The van der Waals surface area contributed by atoms with Crippen LogP contribution in [0, 0.1) is 17.8 Å².